The lowest BCUT2D eigenvalue weighted by molar-refractivity contribution is 0.148. The van der Waals surface area contributed by atoms with Crippen molar-refractivity contribution in [3.05, 3.63) is 92.7 Å². The van der Waals surface area contributed by atoms with Gasteiger partial charge in [-0.1, -0.05) is 57.9 Å². The highest BCUT2D eigenvalue weighted by Gasteiger charge is 2.21. The number of hydrogen-bond acceptors (Lipinski definition) is 2. The van der Waals surface area contributed by atoms with Crippen molar-refractivity contribution in [1.29, 1.82) is 0 Å². The van der Waals surface area contributed by atoms with E-state index in [9.17, 15) is 8.78 Å². The third kappa shape index (κ3) is 5.82. The van der Waals surface area contributed by atoms with Gasteiger partial charge in [-0.05, 0) is 54.3 Å². The van der Waals surface area contributed by atoms with Gasteiger partial charge in [0.05, 0.1) is 12.8 Å². The van der Waals surface area contributed by atoms with Gasteiger partial charge in [0, 0.05) is 24.0 Å². The van der Waals surface area contributed by atoms with Crippen molar-refractivity contribution in [1.82, 2.24) is 0 Å². The first-order valence-electron chi connectivity index (χ1n) is 9.97. The van der Waals surface area contributed by atoms with E-state index in [2.05, 4.69) is 15.9 Å². The van der Waals surface area contributed by atoms with Gasteiger partial charge in [-0.3, -0.25) is 0 Å². The van der Waals surface area contributed by atoms with Crippen LogP contribution in [0.25, 0.3) is 0 Å². The predicted octanol–water partition coefficient (Wildman–Crippen LogP) is 7.23. The van der Waals surface area contributed by atoms with E-state index in [0.29, 0.717) is 28.8 Å². The van der Waals surface area contributed by atoms with Crippen molar-refractivity contribution in [2.75, 3.05) is 12.0 Å². The molecule has 0 atom stereocenters. The van der Waals surface area contributed by atoms with Crippen molar-refractivity contribution in [3.8, 4) is 5.75 Å². The molecule has 3 rings (SSSR count). The number of aryl methyl sites for hydroxylation is 1. The summed E-state index contributed by atoms with van der Waals surface area (Å²) < 4.78 is 47.1. The molecule has 0 fully saturated rings. The van der Waals surface area contributed by atoms with Gasteiger partial charge in [0.25, 0.3) is 0 Å². The molecule has 0 saturated heterocycles. The summed E-state index contributed by atoms with van der Waals surface area (Å²) in [6, 6.07) is 17.3. The summed E-state index contributed by atoms with van der Waals surface area (Å²) in [6.45, 7) is 4.50. The van der Waals surface area contributed by atoms with Gasteiger partial charge in [-0.25, -0.2) is 13.2 Å². The molecule has 3 aromatic carbocycles. The fraction of sp³-hybridized carbons (Fsp3) is 0.280. The summed E-state index contributed by atoms with van der Waals surface area (Å²) in [5.74, 6) is 0.273. The fourth-order valence-corrected chi connectivity index (χ4v) is 4.18. The van der Waals surface area contributed by atoms with E-state index in [-0.39, 0.29) is 5.56 Å². The maximum atomic E-state index is 15.4. The first-order valence-corrected chi connectivity index (χ1v) is 10.8. The van der Waals surface area contributed by atoms with Crippen LogP contribution in [0.4, 0.5) is 18.9 Å². The number of nitrogens with zero attached hydrogens (tertiary/aromatic N) is 1. The molecule has 0 bridgehead atoms. The summed E-state index contributed by atoms with van der Waals surface area (Å²) in [5, 5.41) is 0. The Kier molecular flexibility index (Phi) is 7.65. The van der Waals surface area contributed by atoms with E-state index < -0.39 is 18.7 Å². The Bertz CT molecular complexity index is 1020. The Balaban J connectivity index is 2.01. The third-order valence-corrected chi connectivity index (χ3v) is 5.99. The number of halogens is 4. The van der Waals surface area contributed by atoms with Crippen molar-refractivity contribution in [2.24, 2.45) is 0 Å². The van der Waals surface area contributed by atoms with Gasteiger partial charge < -0.3 is 9.64 Å². The second-order valence-electron chi connectivity index (χ2n) is 7.58. The van der Waals surface area contributed by atoms with E-state index in [4.69, 9.17) is 4.74 Å². The molecular weight excluding hydrogens is 467 g/mol. The van der Waals surface area contributed by atoms with Crippen molar-refractivity contribution < 1.29 is 17.9 Å². The largest absolute Gasteiger partial charge is 0.497 e. The predicted molar refractivity (Wildman–Crippen MR) is 123 cm³/mol. The van der Waals surface area contributed by atoms with Crippen LogP contribution in [0.1, 0.15) is 27.8 Å². The van der Waals surface area contributed by atoms with Gasteiger partial charge in [0.2, 0.25) is 6.43 Å². The molecule has 0 aliphatic carbocycles. The molecular formula is C25H25BrF3NO. The molecule has 0 saturated carbocycles. The Hall–Kier alpha value is -2.47. The second-order valence-corrected chi connectivity index (χ2v) is 8.43. The van der Waals surface area contributed by atoms with Crippen molar-refractivity contribution in [2.45, 2.75) is 39.8 Å². The molecule has 2 nitrogen and oxygen atoms in total. The van der Waals surface area contributed by atoms with Crippen LogP contribution in [0.15, 0.2) is 59.1 Å². The lowest BCUT2D eigenvalue weighted by atomic mass is 10.0. The van der Waals surface area contributed by atoms with Crippen LogP contribution in [0, 0.1) is 19.7 Å². The van der Waals surface area contributed by atoms with Crippen LogP contribution in [0.5, 0.6) is 5.75 Å². The molecule has 164 valence electrons. The molecule has 0 radical (unpaired) electrons. The second kappa shape index (κ2) is 10.2. The van der Waals surface area contributed by atoms with Crippen LogP contribution in [0.3, 0.4) is 0 Å². The molecule has 0 heterocycles. The zero-order chi connectivity index (χ0) is 22.5. The highest BCUT2D eigenvalue weighted by atomic mass is 79.9. The number of anilines is 1. The Morgan fingerprint density at radius 2 is 1.48 bits per heavy atom. The maximum Gasteiger partial charge on any atom is 0.242 e. The minimum atomic E-state index is -2.54. The summed E-state index contributed by atoms with van der Waals surface area (Å²) in [7, 11) is 1.61. The molecule has 0 unspecified atom stereocenters. The number of alkyl halides is 2. The molecule has 0 spiro atoms. The van der Waals surface area contributed by atoms with Gasteiger partial charge in [0.15, 0.2) is 0 Å². The summed E-state index contributed by atoms with van der Waals surface area (Å²) in [6.07, 6.45) is -3.02. The zero-order valence-electron chi connectivity index (χ0n) is 17.8. The summed E-state index contributed by atoms with van der Waals surface area (Å²) >= 11 is 3.39. The first kappa shape index (κ1) is 23.2. The monoisotopic (exact) mass is 491 g/mol. The van der Waals surface area contributed by atoms with Crippen molar-refractivity contribution >= 4 is 21.6 Å². The van der Waals surface area contributed by atoms with Gasteiger partial charge in [-0.2, -0.15) is 0 Å². The van der Waals surface area contributed by atoms with Gasteiger partial charge >= 0.3 is 0 Å². The number of methoxy groups -OCH3 is 1. The topological polar surface area (TPSA) is 12.5 Å². The molecule has 6 heteroatoms. The van der Waals surface area contributed by atoms with E-state index in [1.165, 1.54) is 0 Å². The smallest absolute Gasteiger partial charge is 0.242 e. The highest BCUT2D eigenvalue weighted by Crippen LogP contribution is 2.34. The number of benzene rings is 3. The van der Waals surface area contributed by atoms with E-state index in [0.717, 1.165) is 22.4 Å². The molecule has 3 aromatic rings. The molecule has 31 heavy (non-hydrogen) atoms. The van der Waals surface area contributed by atoms with Crippen LogP contribution in [-0.2, 0) is 19.5 Å². The minimum absolute atomic E-state index is 0.244. The molecule has 0 N–H and O–H groups in total. The fourth-order valence-electron chi connectivity index (χ4n) is 3.50. The zero-order valence-corrected chi connectivity index (χ0v) is 19.3. The lowest BCUT2D eigenvalue weighted by Gasteiger charge is -2.27. The SMILES string of the molecule is COc1ccc(CN(Cc2ccc(C)cc2)c2cc(Br)c(CC(F)F)c(C)c2F)cc1. The Labute approximate surface area is 189 Å². The maximum absolute atomic E-state index is 15.4. The van der Waals surface area contributed by atoms with Gasteiger partial charge in [-0.15, -0.1) is 0 Å². The van der Waals surface area contributed by atoms with Crippen LogP contribution in [0.2, 0.25) is 0 Å². The molecule has 0 aromatic heterocycles. The van der Waals surface area contributed by atoms with Gasteiger partial charge in [0.1, 0.15) is 11.6 Å². The van der Waals surface area contributed by atoms with Crippen LogP contribution >= 0.6 is 15.9 Å². The molecule has 0 amide bonds. The lowest BCUT2D eigenvalue weighted by Crippen LogP contribution is -2.24. The van der Waals surface area contributed by atoms with Crippen molar-refractivity contribution in [3.63, 3.8) is 0 Å². The minimum Gasteiger partial charge on any atom is -0.497 e. The molecule has 0 aliphatic rings. The Morgan fingerprint density at radius 1 is 0.935 bits per heavy atom. The van der Waals surface area contributed by atoms with Crippen LogP contribution < -0.4 is 9.64 Å². The van der Waals surface area contributed by atoms with E-state index in [1.807, 2.05) is 60.4 Å². The summed E-state index contributed by atoms with van der Waals surface area (Å²) in [5.41, 5.74) is 4.08. The number of rotatable bonds is 8. The average molecular weight is 492 g/mol. The quantitative estimate of drug-likeness (QED) is 0.329. The summed E-state index contributed by atoms with van der Waals surface area (Å²) in [4.78, 5) is 1.92. The average Bonchev–Trinajstić information content (AvgIpc) is 2.75. The number of ether oxygens (including phenoxy) is 1. The standard InChI is InChI=1S/C25H25BrF3NO/c1-16-4-6-18(7-5-16)14-30(15-19-8-10-20(31-3)11-9-19)23-13-22(26)21(12-24(27)28)17(2)25(23)29/h4-11,13,24H,12,14-15H2,1-3H3. The first-order chi connectivity index (χ1) is 14.8. The normalized spacial score (nSPS) is 11.1. The van der Waals surface area contributed by atoms with Crippen LogP contribution in [-0.4, -0.2) is 13.5 Å². The molecule has 0 aliphatic heterocycles. The van der Waals surface area contributed by atoms with E-state index >= 15 is 4.39 Å². The number of hydrogen-bond donors (Lipinski definition) is 0. The van der Waals surface area contributed by atoms with E-state index in [1.54, 1.807) is 20.1 Å². The third-order valence-electron chi connectivity index (χ3n) is 5.28. The Morgan fingerprint density at radius 3 is 2.00 bits per heavy atom. The highest BCUT2D eigenvalue weighted by molar-refractivity contribution is 9.10.